The van der Waals surface area contributed by atoms with Gasteiger partial charge in [-0.25, -0.2) is 4.98 Å². The predicted molar refractivity (Wildman–Crippen MR) is 114 cm³/mol. The van der Waals surface area contributed by atoms with Crippen molar-refractivity contribution in [2.75, 3.05) is 13.7 Å². The summed E-state index contributed by atoms with van der Waals surface area (Å²) >= 11 is 0. The van der Waals surface area contributed by atoms with Crippen LogP contribution in [0.1, 0.15) is 12.2 Å². The fraction of sp³-hybridized carbons (Fsp3) is 0.208. The third-order valence-electron chi connectivity index (χ3n) is 4.68. The third kappa shape index (κ3) is 4.69. The Morgan fingerprint density at radius 3 is 2.41 bits per heavy atom. The van der Waals surface area contributed by atoms with Crippen molar-refractivity contribution in [3.63, 3.8) is 0 Å². The second kappa shape index (κ2) is 9.15. The van der Waals surface area contributed by atoms with Crippen LogP contribution in [-0.4, -0.2) is 23.3 Å². The van der Waals surface area contributed by atoms with Gasteiger partial charge < -0.3 is 18.8 Å². The van der Waals surface area contributed by atoms with Gasteiger partial charge in [0.05, 0.1) is 24.8 Å². The highest BCUT2D eigenvalue weighted by Crippen LogP contribution is 2.22. The summed E-state index contributed by atoms with van der Waals surface area (Å²) in [4.78, 5) is 4.77. The number of ether oxygens (including phenoxy) is 3. The number of para-hydroxylation sites is 3. The molecule has 0 amide bonds. The molecule has 4 aromatic rings. The Labute approximate surface area is 170 Å². The quantitative estimate of drug-likeness (QED) is 0.375. The normalized spacial score (nSPS) is 10.8. The zero-order valence-electron chi connectivity index (χ0n) is 16.5. The molecule has 0 atom stereocenters. The number of fused-ring (bicyclic) bond motifs is 1. The molecule has 0 N–H and O–H groups in total. The van der Waals surface area contributed by atoms with Crippen LogP contribution in [0.2, 0.25) is 0 Å². The summed E-state index contributed by atoms with van der Waals surface area (Å²) in [5.41, 5.74) is 2.08. The van der Waals surface area contributed by atoms with Crippen LogP contribution in [0.5, 0.6) is 17.2 Å². The topological polar surface area (TPSA) is 45.5 Å². The maximum atomic E-state index is 5.99. The van der Waals surface area contributed by atoms with Crippen molar-refractivity contribution in [3.8, 4) is 17.2 Å². The van der Waals surface area contributed by atoms with Crippen molar-refractivity contribution >= 4 is 11.0 Å². The molecular formula is C24H24N2O3. The molecule has 5 heteroatoms. The van der Waals surface area contributed by atoms with E-state index >= 15 is 0 Å². The lowest BCUT2D eigenvalue weighted by molar-refractivity contribution is 0.279. The maximum absolute atomic E-state index is 5.99. The van der Waals surface area contributed by atoms with Gasteiger partial charge in [0.1, 0.15) is 29.7 Å². The molecule has 0 bridgehead atoms. The highest BCUT2D eigenvalue weighted by molar-refractivity contribution is 5.75. The van der Waals surface area contributed by atoms with Gasteiger partial charge in [0.25, 0.3) is 0 Å². The molecule has 1 aromatic heterocycles. The average Bonchev–Trinajstić information content (AvgIpc) is 3.13. The Bertz CT molecular complexity index is 1060. The molecule has 5 nitrogen and oxygen atoms in total. The van der Waals surface area contributed by atoms with Crippen molar-refractivity contribution in [1.29, 1.82) is 0 Å². The highest BCUT2D eigenvalue weighted by Gasteiger charge is 2.11. The number of aromatic nitrogens is 2. The van der Waals surface area contributed by atoms with Gasteiger partial charge >= 0.3 is 0 Å². The molecule has 0 radical (unpaired) electrons. The first kappa shape index (κ1) is 18.9. The van der Waals surface area contributed by atoms with Gasteiger partial charge in [-0.1, -0.05) is 36.4 Å². The molecule has 0 fully saturated rings. The van der Waals surface area contributed by atoms with Crippen molar-refractivity contribution in [2.24, 2.45) is 0 Å². The van der Waals surface area contributed by atoms with Crippen LogP contribution >= 0.6 is 0 Å². The van der Waals surface area contributed by atoms with Gasteiger partial charge in [0.2, 0.25) is 0 Å². The minimum absolute atomic E-state index is 0.390. The van der Waals surface area contributed by atoms with E-state index in [1.807, 2.05) is 72.8 Å². The Balaban J connectivity index is 1.45. The molecule has 0 aliphatic rings. The molecule has 0 saturated carbocycles. The minimum Gasteiger partial charge on any atom is -0.497 e. The van der Waals surface area contributed by atoms with E-state index in [1.54, 1.807) is 7.11 Å². The zero-order chi connectivity index (χ0) is 19.9. The van der Waals surface area contributed by atoms with E-state index in [9.17, 15) is 0 Å². The standard InChI is InChI=1S/C24H24N2O3/c1-27-20-11-7-12-21(17-20)29-18-24-25-22-13-5-6-14-23(22)26(24)15-8-16-28-19-9-3-2-4-10-19/h2-7,9-14,17H,8,15-16,18H2,1H3. The number of methoxy groups -OCH3 is 1. The summed E-state index contributed by atoms with van der Waals surface area (Å²) < 4.78 is 19.3. The summed E-state index contributed by atoms with van der Waals surface area (Å²) in [7, 11) is 1.65. The van der Waals surface area contributed by atoms with Crippen molar-refractivity contribution in [2.45, 2.75) is 19.6 Å². The predicted octanol–water partition coefficient (Wildman–Crippen LogP) is 5.09. The van der Waals surface area contributed by atoms with Crippen LogP contribution in [0.4, 0.5) is 0 Å². The van der Waals surface area contributed by atoms with E-state index in [-0.39, 0.29) is 0 Å². The van der Waals surface area contributed by atoms with E-state index in [1.165, 1.54) is 0 Å². The number of aryl methyl sites for hydroxylation is 1. The second-order valence-electron chi connectivity index (χ2n) is 6.65. The van der Waals surface area contributed by atoms with Crippen LogP contribution in [0.15, 0.2) is 78.9 Å². The van der Waals surface area contributed by atoms with Gasteiger partial charge in [-0.15, -0.1) is 0 Å². The summed E-state index contributed by atoms with van der Waals surface area (Å²) in [5, 5.41) is 0. The number of rotatable bonds is 9. The molecule has 4 rings (SSSR count). The van der Waals surface area contributed by atoms with Gasteiger partial charge in [0.15, 0.2) is 0 Å². The number of imidazole rings is 1. The van der Waals surface area contributed by atoms with E-state index in [2.05, 4.69) is 10.6 Å². The lowest BCUT2D eigenvalue weighted by Crippen LogP contribution is -2.10. The summed E-state index contributed by atoms with van der Waals surface area (Å²) in [6, 6.07) is 25.7. The first-order valence-electron chi connectivity index (χ1n) is 9.72. The Morgan fingerprint density at radius 2 is 1.55 bits per heavy atom. The lowest BCUT2D eigenvalue weighted by Gasteiger charge is -2.12. The fourth-order valence-electron chi connectivity index (χ4n) is 3.25. The Hall–Kier alpha value is -3.47. The summed E-state index contributed by atoms with van der Waals surface area (Å²) in [6.07, 6.45) is 0.876. The maximum Gasteiger partial charge on any atom is 0.147 e. The van der Waals surface area contributed by atoms with Crippen LogP contribution in [0.25, 0.3) is 11.0 Å². The molecule has 3 aromatic carbocycles. The van der Waals surface area contributed by atoms with E-state index in [0.717, 1.165) is 47.1 Å². The molecular weight excluding hydrogens is 364 g/mol. The first-order chi connectivity index (χ1) is 14.3. The van der Waals surface area contributed by atoms with Crippen molar-refractivity contribution in [3.05, 3.63) is 84.7 Å². The van der Waals surface area contributed by atoms with Crippen LogP contribution in [0.3, 0.4) is 0 Å². The molecule has 1 heterocycles. The van der Waals surface area contributed by atoms with Gasteiger partial charge in [-0.3, -0.25) is 0 Å². The van der Waals surface area contributed by atoms with Gasteiger partial charge in [-0.05, 0) is 42.8 Å². The van der Waals surface area contributed by atoms with E-state index in [0.29, 0.717) is 13.2 Å². The third-order valence-corrected chi connectivity index (χ3v) is 4.68. The smallest absolute Gasteiger partial charge is 0.147 e. The largest absolute Gasteiger partial charge is 0.497 e. The Morgan fingerprint density at radius 1 is 0.793 bits per heavy atom. The van der Waals surface area contributed by atoms with Gasteiger partial charge in [-0.2, -0.15) is 0 Å². The molecule has 0 spiro atoms. The number of benzene rings is 3. The minimum atomic E-state index is 0.390. The monoisotopic (exact) mass is 388 g/mol. The lowest BCUT2D eigenvalue weighted by atomic mass is 10.3. The fourth-order valence-corrected chi connectivity index (χ4v) is 3.25. The van der Waals surface area contributed by atoms with Crippen LogP contribution < -0.4 is 14.2 Å². The van der Waals surface area contributed by atoms with E-state index < -0.39 is 0 Å². The van der Waals surface area contributed by atoms with Crippen molar-refractivity contribution in [1.82, 2.24) is 9.55 Å². The second-order valence-corrected chi connectivity index (χ2v) is 6.65. The number of hydrogen-bond acceptors (Lipinski definition) is 4. The first-order valence-corrected chi connectivity index (χ1v) is 9.72. The summed E-state index contributed by atoms with van der Waals surface area (Å²) in [5.74, 6) is 3.32. The summed E-state index contributed by atoms with van der Waals surface area (Å²) in [6.45, 7) is 1.85. The molecule has 29 heavy (non-hydrogen) atoms. The zero-order valence-corrected chi connectivity index (χ0v) is 16.5. The molecule has 148 valence electrons. The molecule has 0 unspecified atom stereocenters. The molecule has 0 saturated heterocycles. The average molecular weight is 388 g/mol. The highest BCUT2D eigenvalue weighted by atomic mass is 16.5. The SMILES string of the molecule is COc1cccc(OCc2nc3ccccc3n2CCCOc2ccccc2)c1. The number of nitrogens with zero attached hydrogens (tertiary/aromatic N) is 2. The Kier molecular flexibility index (Phi) is 5.95. The molecule has 0 aliphatic carbocycles. The van der Waals surface area contributed by atoms with Crippen molar-refractivity contribution < 1.29 is 14.2 Å². The number of hydrogen-bond donors (Lipinski definition) is 0. The van der Waals surface area contributed by atoms with Gasteiger partial charge in [0, 0.05) is 12.6 Å². The molecule has 0 aliphatic heterocycles. The van der Waals surface area contributed by atoms with Crippen LogP contribution in [-0.2, 0) is 13.2 Å². The van der Waals surface area contributed by atoms with Crippen LogP contribution in [0, 0.1) is 0 Å². The van der Waals surface area contributed by atoms with E-state index in [4.69, 9.17) is 19.2 Å².